The molecule has 0 spiro atoms. The summed E-state index contributed by atoms with van der Waals surface area (Å²) in [4.78, 5) is 4.61. The van der Waals surface area contributed by atoms with Crippen LogP contribution in [0.1, 0.15) is 0 Å². The Kier molecular flexibility index (Phi) is 6.09. The highest BCUT2D eigenvalue weighted by Gasteiger charge is 2.28. The van der Waals surface area contributed by atoms with Crippen LogP contribution in [0.4, 0.5) is 34.1 Å². The van der Waals surface area contributed by atoms with Crippen LogP contribution < -0.4 is 14.5 Å². The number of fused-ring (bicyclic) bond motifs is 9. The first-order valence-electron chi connectivity index (χ1n) is 17.1. The minimum Gasteiger partial charge on any atom is -0.456 e. The van der Waals surface area contributed by atoms with E-state index in [1.165, 1.54) is 30.9 Å². The van der Waals surface area contributed by atoms with Crippen LogP contribution in [0.3, 0.4) is 0 Å². The number of ether oxygens (including phenoxy) is 1. The van der Waals surface area contributed by atoms with E-state index in [4.69, 9.17) is 9.15 Å². The lowest BCUT2D eigenvalue weighted by molar-refractivity contribution is 0.477. The van der Waals surface area contributed by atoms with Crippen molar-refractivity contribution in [3.05, 3.63) is 170 Å². The van der Waals surface area contributed by atoms with Crippen molar-refractivity contribution in [2.24, 2.45) is 0 Å². The van der Waals surface area contributed by atoms with E-state index in [-0.39, 0.29) is 0 Å². The fourth-order valence-corrected chi connectivity index (χ4v) is 8.72. The van der Waals surface area contributed by atoms with E-state index in [0.29, 0.717) is 0 Å². The highest BCUT2D eigenvalue weighted by Crippen LogP contribution is 2.53. The lowest BCUT2D eigenvalue weighted by atomic mass is 10.1. The maximum atomic E-state index is 6.72. The summed E-state index contributed by atoms with van der Waals surface area (Å²) in [5.41, 5.74) is 7.87. The van der Waals surface area contributed by atoms with Gasteiger partial charge in [-0.05, 0) is 89.6 Å². The Labute approximate surface area is 297 Å². The zero-order valence-electron chi connectivity index (χ0n) is 27.3. The molecular formula is C46H28N2O2S. The van der Waals surface area contributed by atoms with Gasteiger partial charge in [0.2, 0.25) is 0 Å². The molecule has 0 saturated heterocycles. The average Bonchev–Trinajstić information content (AvgIpc) is 3.74. The summed E-state index contributed by atoms with van der Waals surface area (Å²) < 4.78 is 15.6. The van der Waals surface area contributed by atoms with Crippen LogP contribution in [0.5, 0.6) is 11.5 Å². The number of furan rings is 1. The van der Waals surface area contributed by atoms with Crippen LogP contribution >= 0.6 is 11.3 Å². The molecule has 0 unspecified atom stereocenters. The van der Waals surface area contributed by atoms with Gasteiger partial charge in [-0.15, -0.1) is 11.3 Å². The topological polar surface area (TPSA) is 28.9 Å². The molecule has 3 heterocycles. The van der Waals surface area contributed by atoms with E-state index in [9.17, 15) is 0 Å². The minimum absolute atomic E-state index is 0.781. The van der Waals surface area contributed by atoms with Crippen molar-refractivity contribution in [1.29, 1.82) is 0 Å². The van der Waals surface area contributed by atoms with Gasteiger partial charge in [-0.2, -0.15) is 0 Å². The van der Waals surface area contributed by atoms with E-state index in [1.807, 2.05) is 35.6 Å². The Balaban J connectivity index is 1.09. The van der Waals surface area contributed by atoms with Crippen molar-refractivity contribution >= 4 is 98.3 Å². The van der Waals surface area contributed by atoms with Gasteiger partial charge in [-0.3, -0.25) is 0 Å². The number of benzene rings is 8. The van der Waals surface area contributed by atoms with Crippen molar-refractivity contribution < 1.29 is 9.15 Å². The molecule has 10 aromatic rings. The van der Waals surface area contributed by atoms with Crippen molar-refractivity contribution in [3.63, 3.8) is 0 Å². The molecular weight excluding hydrogens is 645 g/mol. The molecule has 4 nitrogen and oxygen atoms in total. The molecule has 8 aromatic carbocycles. The predicted octanol–water partition coefficient (Wildman–Crippen LogP) is 14.2. The van der Waals surface area contributed by atoms with Gasteiger partial charge in [0.25, 0.3) is 0 Å². The van der Waals surface area contributed by atoms with Crippen molar-refractivity contribution in [2.75, 3.05) is 9.80 Å². The second kappa shape index (κ2) is 11.0. The van der Waals surface area contributed by atoms with Crippen molar-refractivity contribution in [2.45, 2.75) is 0 Å². The minimum atomic E-state index is 0.781. The second-order valence-electron chi connectivity index (χ2n) is 13.0. The van der Waals surface area contributed by atoms with Crippen LogP contribution in [0.2, 0.25) is 0 Å². The molecule has 0 aliphatic carbocycles. The molecule has 11 rings (SSSR count). The molecule has 240 valence electrons. The maximum Gasteiger partial charge on any atom is 0.153 e. The first kappa shape index (κ1) is 28.3. The first-order valence-corrected chi connectivity index (χ1v) is 17.9. The third-order valence-electron chi connectivity index (χ3n) is 10.00. The van der Waals surface area contributed by atoms with Crippen molar-refractivity contribution in [1.82, 2.24) is 0 Å². The number of hydrogen-bond acceptors (Lipinski definition) is 5. The van der Waals surface area contributed by atoms with Crippen LogP contribution in [0, 0.1) is 0 Å². The molecule has 1 aliphatic heterocycles. The highest BCUT2D eigenvalue weighted by atomic mass is 32.1. The normalized spacial score (nSPS) is 12.4. The summed E-state index contributed by atoms with van der Waals surface area (Å²) >= 11 is 1.84. The Morgan fingerprint density at radius 2 is 1.12 bits per heavy atom. The fourth-order valence-electron chi connectivity index (χ4n) is 7.63. The summed E-state index contributed by atoms with van der Waals surface area (Å²) in [7, 11) is 0. The smallest absolute Gasteiger partial charge is 0.153 e. The maximum absolute atomic E-state index is 6.72. The molecule has 0 N–H and O–H groups in total. The highest BCUT2D eigenvalue weighted by molar-refractivity contribution is 7.25. The zero-order chi connectivity index (χ0) is 33.5. The molecule has 5 heteroatoms. The Morgan fingerprint density at radius 1 is 0.431 bits per heavy atom. The van der Waals surface area contributed by atoms with E-state index < -0.39 is 0 Å². The number of nitrogens with zero attached hydrogens (tertiary/aromatic N) is 2. The third kappa shape index (κ3) is 4.45. The summed E-state index contributed by atoms with van der Waals surface area (Å²) in [5.74, 6) is 1.58. The molecule has 0 bridgehead atoms. The van der Waals surface area contributed by atoms with Gasteiger partial charge in [0, 0.05) is 60.1 Å². The predicted molar refractivity (Wildman–Crippen MR) is 214 cm³/mol. The molecule has 0 amide bonds. The Morgan fingerprint density at radius 3 is 2.08 bits per heavy atom. The number of hydrogen-bond donors (Lipinski definition) is 0. The number of anilines is 6. The van der Waals surface area contributed by atoms with Crippen LogP contribution in [-0.4, -0.2) is 0 Å². The average molecular weight is 673 g/mol. The summed E-state index contributed by atoms with van der Waals surface area (Å²) in [5, 5.41) is 7.16. The van der Waals surface area contributed by atoms with E-state index in [0.717, 1.165) is 67.6 Å². The van der Waals surface area contributed by atoms with E-state index in [1.54, 1.807) is 0 Å². The summed E-state index contributed by atoms with van der Waals surface area (Å²) in [6, 6.07) is 60.1. The van der Waals surface area contributed by atoms with Crippen LogP contribution in [-0.2, 0) is 0 Å². The molecule has 1 aliphatic rings. The van der Waals surface area contributed by atoms with Gasteiger partial charge in [0.15, 0.2) is 11.5 Å². The SMILES string of the molecule is c1ccc2c(c1)Oc1cc(N(c3ccc4ccccc4c3)c3ccc4sc5ccccc5c4c3)ccc1N2c1ccc2c(c1)oc1ccccc12. The van der Waals surface area contributed by atoms with E-state index in [2.05, 4.69) is 155 Å². The van der Waals surface area contributed by atoms with Gasteiger partial charge in [-0.25, -0.2) is 0 Å². The third-order valence-corrected chi connectivity index (χ3v) is 11.2. The second-order valence-corrected chi connectivity index (χ2v) is 14.1. The van der Waals surface area contributed by atoms with Gasteiger partial charge in [0.05, 0.1) is 17.1 Å². The molecule has 2 aromatic heterocycles. The van der Waals surface area contributed by atoms with Crippen LogP contribution in [0.25, 0.3) is 52.9 Å². The molecule has 51 heavy (non-hydrogen) atoms. The number of thiophene rings is 1. The molecule has 0 radical (unpaired) electrons. The van der Waals surface area contributed by atoms with Gasteiger partial charge in [0.1, 0.15) is 11.2 Å². The van der Waals surface area contributed by atoms with Gasteiger partial charge < -0.3 is 19.0 Å². The molecule has 0 saturated carbocycles. The molecule has 0 atom stereocenters. The fraction of sp³-hybridized carbons (Fsp3) is 0. The quantitative estimate of drug-likeness (QED) is 0.186. The Bertz CT molecular complexity index is 2990. The largest absolute Gasteiger partial charge is 0.456 e. The lowest BCUT2D eigenvalue weighted by Crippen LogP contribution is -2.17. The standard InChI is InChI=1S/C46H28N2O2S/c1-2-10-30-25-31(18-17-29(30)9-1)47(32-21-24-46-38(26-32)37-12-4-8-16-45(37)51-46)33-20-23-40-44(28-33)50-42-15-7-5-13-39(42)48(40)34-19-22-36-35-11-3-6-14-41(35)49-43(36)27-34/h1-28H. The van der Waals surface area contributed by atoms with Gasteiger partial charge >= 0.3 is 0 Å². The summed E-state index contributed by atoms with van der Waals surface area (Å²) in [6.45, 7) is 0. The number of rotatable bonds is 4. The lowest BCUT2D eigenvalue weighted by Gasteiger charge is -2.34. The van der Waals surface area contributed by atoms with E-state index >= 15 is 0 Å². The van der Waals surface area contributed by atoms with Gasteiger partial charge in [-0.1, -0.05) is 78.9 Å². The van der Waals surface area contributed by atoms with Crippen molar-refractivity contribution in [3.8, 4) is 11.5 Å². The zero-order valence-corrected chi connectivity index (χ0v) is 28.1. The summed E-state index contributed by atoms with van der Waals surface area (Å²) in [6.07, 6.45) is 0. The van der Waals surface area contributed by atoms with Crippen LogP contribution in [0.15, 0.2) is 174 Å². The number of para-hydroxylation sites is 3. The molecule has 0 fully saturated rings. The Hall–Kier alpha value is -6.56. The monoisotopic (exact) mass is 672 g/mol. The first-order chi connectivity index (χ1) is 25.2.